The molecule has 0 bridgehead atoms. The highest BCUT2D eigenvalue weighted by atomic mass is 32.2. The Morgan fingerprint density at radius 1 is 1.27 bits per heavy atom. The molecule has 0 spiro atoms. The van der Waals surface area contributed by atoms with Crippen LogP contribution in [0.15, 0.2) is 44.8 Å². The third-order valence-corrected chi connectivity index (χ3v) is 6.81. The first-order valence-corrected chi connectivity index (χ1v) is 10.6. The van der Waals surface area contributed by atoms with Crippen LogP contribution < -0.4 is 5.56 Å². The number of fused-ring (bicyclic) bond motifs is 1. The van der Waals surface area contributed by atoms with E-state index in [2.05, 4.69) is 44.6 Å². The van der Waals surface area contributed by atoms with Crippen molar-refractivity contribution < 1.29 is 0 Å². The van der Waals surface area contributed by atoms with Gasteiger partial charge in [0.1, 0.15) is 5.52 Å². The highest BCUT2D eigenvalue weighted by Crippen LogP contribution is 2.39. The number of thioether (sulfide) groups is 1. The van der Waals surface area contributed by atoms with E-state index >= 15 is 0 Å². The van der Waals surface area contributed by atoms with Crippen molar-refractivity contribution >= 4 is 22.7 Å². The first kappa shape index (κ1) is 20.1. The molecule has 4 heterocycles. The minimum Gasteiger partial charge on any atom is -0.342 e. The summed E-state index contributed by atoms with van der Waals surface area (Å²) in [7, 11) is 1.93. The van der Waals surface area contributed by atoms with Gasteiger partial charge in [0.2, 0.25) is 0 Å². The molecule has 0 radical (unpaired) electrons. The summed E-state index contributed by atoms with van der Waals surface area (Å²) in [5.41, 5.74) is 4.59. The van der Waals surface area contributed by atoms with E-state index < -0.39 is 0 Å². The van der Waals surface area contributed by atoms with Crippen molar-refractivity contribution in [1.29, 1.82) is 0 Å². The molecule has 0 amide bonds. The lowest BCUT2D eigenvalue weighted by Crippen LogP contribution is -2.24. The Kier molecular flexibility index (Phi) is 5.58. The second-order valence-corrected chi connectivity index (χ2v) is 8.33. The summed E-state index contributed by atoms with van der Waals surface area (Å²) in [6.45, 7) is 6.67. The lowest BCUT2D eigenvalue weighted by atomic mass is 10.2. The second kappa shape index (κ2) is 8.31. The van der Waals surface area contributed by atoms with Gasteiger partial charge in [-0.2, -0.15) is 25.6 Å². The molecule has 4 aromatic heterocycles. The van der Waals surface area contributed by atoms with Crippen molar-refractivity contribution in [2.45, 2.75) is 45.1 Å². The summed E-state index contributed by atoms with van der Waals surface area (Å²) in [5.74, 6) is 0. The van der Waals surface area contributed by atoms with E-state index in [1.165, 1.54) is 15.2 Å². The lowest BCUT2D eigenvalue weighted by Gasteiger charge is -2.10. The molecule has 0 aromatic carbocycles. The van der Waals surface area contributed by atoms with Gasteiger partial charge in [-0.3, -0.25) is 9.89 Å². The largest absolute Gasteiger partial charge is 0.342 e. The standard InChI is InChI=1S/C20H24N8OS/c1-5-12(2)17(8-15-9-22-26-25-15)30-19-13(3)27(4)18-16(19)10-23-28(20(18)29)11-14-6-7-21-24-14/h6-7,9-10H,5,8,11H2,1-4H3,(H,21,24)(H,22,25,26). The molecule has 2 N–H and O–H groups in total. The third kappa shape index (κ3) is 3.70. The van der Waals surface area contributed by atoms with Gasteiger partial charge in [-0.25, -0.2) is 4.68 Å². The van der Waals surface area contributed by atoms with Crippen molar-refractivity contribution in [2.24, 2.45) is 7.05 Å². The van der Waals surface area contributed by atoms with Crippen LogP contribution in [0.5, 0.6) is 0 Å². The van der Waals surface area contributed by atoms with E-state index in [0.717, 1.165) is 33.8 Å². The van der Waals surface area contributed by atoms with Crippen LogP contribution in [0.25, 0.3) is 10.9 Å². The fourth-order valence-electron chi connectivity index (χ4n) is 3.33. The summed E-state index contributed by atoms with van der Waals surface area (Å²) in [4.78, 5) is 15.4. The van der Waals surface area contributed by atoms with E-state index in [0.29, 0.717) is 18.5 Å². The number of aryl methyl sites for hydroxylation is 1. The molecule has 0 aliphatic rings. The molecule has 4 aromatic rings. The fourth-order valence-corrected chi connectivity index (χ4v) is 4.66. The van der Waals surface area contributed by atoms with Crippen LogP contribution in [0, 0.1) is 6.92 Å². The second-order valence-electron chi connectivity index (χ2n) is 7.22. The average molecular weight is 425 g/mol. The van der Waals surface area contributed by atoms with Crippen molar-refractivity contribution in [3.8, 4) is 0 Å². The van der Waals surface area contributed by atoms with Crippen molar-refractivity contribution in [1.82, 2.24) is 40.0 Å². The maximum Gasteiger partial charge on any atom is 0.291 e. The van der Waals surface area contributed by atoms with Crippen LogP contribution in [0.3, 0.4) is 0 Å². The molecule has 4 rings (SSSR count). The fraction of sp³-hybridized carbons (Fsp3) is 0.350. The van der Waals surface area contributed by atoms with Crippen LogP contribution in [0.2, 0.25) is 0 Å². The van der Waals surface area contributed by atoms with Crippen LogP contribution in [0.1, 0.15) is 37.4 Å². The predicted octanol–water partition coefficient (Wildman–Crippen LogP) is 2.95. The molecule has 0 aliphatic heterocycles. The summed E-state index contributed by atoms with van der Waals surface area (Å²) in [5, 5.41) is 22.9. The zero-order valence-electron chi connectivity index (χ0n) is 17.4. The normalized spacial score (nSPS) is 12.5. The number of allylic oxidation sites excluding steroid dienone is 2. The van der Waals surface area contributed by atoms with E-state index in [-0.39, 0.29) is 5.56 Å². The average Bonchev–Trinajstić information content (AvgIpc) is 3.48. The van der Waals surface area contributed by atoms with Gasteiger partial charge in [0.25, 0.3) is 5.56 Å². The molecule has 10 heteroatoms. The molecular formula is C20H24N8OS. The van der Waals surface area contributed by atoms with Gasteiger partial charge < -0.3 is 4.57 Å². The van der Waals surface area contributed by atoms with Crippen molar-refractivity contribution in [3.63, 3.8) is 0 Å². The zero-order chi connectivity index (χ0) is 21.3. The SMILES string of the molecule is CCC(C)=C(Cc1cn[nH]n1)Sc1c(C)n(C)c2c(=O)n(Cc3ccn[nH]3)ncc12. The lowest BCUT2D eigenvalue weighted by molar-refractivity contribution is 0.630. The molecule has 156 valence electrons. The summed E-state index contributed by atoms with van der Waals surface area (Å²) >= 11 is 1.69. The van der Waals surface area contributed by atoms with Gasteiger partial charge in [0.05, 0.1) is 30.3 Å². The van der Waals surface area contributed by atoms with Crippen LogP contribution >= 0.6 is 11.8 Å². The third-order valence-electron chi connectivity index (χ3n) is 5.35. The Bertz CT molecular complexity index is 1250. The molecule has 9 nitrogen and oxygen atoms in total. The first-order chi connectivity index (χ1) is 14.5. The van der Waals surface area contributed by atoms with E-state index in [4.69, 9.17) is 0 Å². The summed E-state index contributed by atoms with van der Waals surface area (Å²) in [6, 6.07) is 1.84. The van der Waals surface area contributed by atoms with Gasteiger partial charge >= 0.3 is 0 Å². The number of nitrogens with one attached hydrogen (secondary N) is 2. The molecule has 0 atom stereocenters. The molecular weight excluding hydrogens is 400 g/mol. The van der Waals surface area contributed by atoms with Crippen LogP contribution in [-0.4, -0.2) is 40.0 Å². The number of H-pyrrole nitrogens is 2. The number of nitrogens with zero attached hydrogens (tertiary/aromatic N) is 6. The molecule has 0 aliphatic carbocycles. The molecule has 0 unspecified atom stereocenters. The van der Waals surface area contributed by atoms with Crippen LogP contribution in [0.4, 0.5) is 0 Å². The van der Waals surface area contributed by atoms with Crippen LogP contribution in [-0.2, 0) is 20.0 Å². The predicted molar refractivity (Wildman–Crippen MR) is 116 cm³/mol. The van der Waals surface area contributed by atoms with E-state index in [9.17, 15) is 4.79 Å². The van der Waals surface area contributed by atoms with Gasteiger partial charge in [-0.1, -0.05) is 24.3 Å². The maximum atomic E-state index is 13.2. The van der Waals surface area contributed by atoms with Gasteiger partial charge in [0.15, 0.2) is 0 Å². The van der Waals surface area contributed by atoms with E-state index in [1.54, 1.807) is 30.4 Å². The number of hydrogen-bond acceptors (Lipinski definition) is 6. The molecule has 0 saturated carbocycles. The Balaban J connectivity index is 1.76. The first-order valence-electron chi connectivity index (χ1n) is 9.74. The van der Waals surface area contributed by atoms with Crippen molar-refractivity contribution in [2.75, 3.05) is 0 Å². The number of aromatic amines is 2. The summed E-state index contributed by atoms with van der Waals surface area (Å²) in [6.07, 6.45) is 6.84. The number of rotatable bonds is 7. The smallest absolute Gasteiger partial charge is 0.291 e. The maximum absolute atomic E-state index is 13.2. The van der Waals surface area contributed by atoms with Gasteiger partial charge in [-0.05, 0) is 31.2 Å². The number of aromatic nitrogens is 8. The minimum atomic E-state index is -0.117. The Morgan fingerprint density at radius 2 is 2.10 bits per heavy atom. The van der Waals surface area contributed by atoms with Crippen molar-refractivity contribution in [3.05, 3.63) is 62.6 Å². The van der Waals surface area contributed by atoms with E-state index in [1.807, 2.05) is 24.6 Å². The quantitative estimate of drug-likeness (QED) is 0.441. The Labute approximate surface area is 177 Å². The Morgan fingerprint density at radius 3 is 2.77 bits per heavy atom. The zero-order valence-corrected chi connectivity index (χ0v) is 18.2. The molecule has 30 heavy (non-hydrogen) atoms. The molecule has 0 fully saturated rings. The topological polar surface area (TPSA) is 110 Å². The van der Waals surface area contributed by atoms with Gasteiger partial charge in [0, 0.05) is 35.6 Å². The number of hydrogen-bond donors (Lipinski definition) is 2. The molecule has 0 saturated heterocycles. The highest BCUT2D eigenvalue weighted by Gasteiger charge is 2.20. The highest BCUT2D eigenvalue weighted by molar-refractivity contribution is 8.03. The van der Waals surface area contributed by atoms with Gasteiger partial charge in [-0.15, -0.1) is 0 Å². The Hall–Kier alpha value is -3.14. The summed E-state index contributed by atoms with van der Waals surface area (Å²) < 4.78 is 3.42. The minimum absolute atomic E-state index is 0.117. The monoisotopic (exact) mass is 424 g/mol.